The van der Waals surface area contributed by atoms with Crippen LogP contribution in [-0.4, -0.2) is 13.1 Å². The highest BCUT2D eigenvalue weighted by Crippen LogP contribution is 2.17. The van der Waals surface area contributed by atoms with Gasteiger partial charge in [0.15, 0.2) is 0 Å². The standard InChI is InChI=1S/C14H12FNO2/c1-18-14(17)10-2-6-12(7-3-10)16-13-8-4-11(15)5-9-13/h2-9,16H,1H3. The van der Waals surface area contributed by atoms with Crippen molar-refractivity contribution in [3.8, 4) is 0 Å². The number of rotatable bonds is 3. The fourth-order valence-corrected chi connectivity index (χ4v) is 1.51. The molecular formula is C14H12FNO2. The van der Waals surface area contributed by atoms with E-state index in [0.717, 1.165) is 11.4 Å². The largest absolute Gasteiger partial charge is 0.465 e. The summed E-state index contributed by atoms with van der Waals surface area (Å²) < 4.78 is 17.3. The molecule has 0 spiro atoms. The van der Waals surface area contributed by atoms with E-state index >= 15 is 0 Å². The van der Waals surface area contributed by atoms with Crippen molar-refractivity contribution in [3.05, 3.63) is 59.9 Å². The van der Waals surface area contributed by atoms with Crippen LogP contribution in [0, 0.1) is 5.82 Å². The Balaban J connectivity index is 2.10. The second-order valence-corrected chi connectivity index (χ2v) is 3.70. The summed E-state index contributed by atoms with van der Waals surface area (Å²) in [5.41, 5.74) is 2.08. The summed E-state index contributed by atoms with van der Waals surface area (Å²) in [4.78, 5) is 11.2. The van der Waals surface area contributed by atoms with Crippen molar-refractivity contribution in [2.45, 2.75) is 0 Å². The molecule has 2 rings (SSSR count). The van der Waals surface area contributed by atoms with Gasteiger partial charge in [0.05, 0.1) is 12.7 Å². The van der Waals surface area contributed by atoms with Crippen LogP contribution in [0.25, 0.3) is 0 Å². The normalized spacial score (nSPS) is 9.89. The smallest absolute Gasteiger partial charge is 0.337 e. The van der Waals surface area contributed by atoms with Crippen molar-refractivity contribution >= 4 is 17.3 Å². The topological polar surface area (TPSA) is 38.3 Å². The first-order valence-corrected chi connectivity index (χ1v) is 5.40. The molecule has 0 aromatic heterocycles. The van der Waals surface area contributed by atoms with E-state index in [2.05, 4.69) is 10.1 Å². The summed E-state index contributed by atoms with van der Waals surface area (Å²) in [6.45, 7) is 0. The second-order valence-electron chi connectivity index (χ2n) is 3.70. The predicted octanol–water partition coefficient (Wildman–Crippen LogP) is 3.36. The summed E-state index contributed by atoms with van der Waals surface area (Å²) in [7, 11) is 1.34. The van der Waals surface area contributed by atoms with E-state index in [1.54, 1.807) is 36.4 Å². The number of esters is 1. The highest BCUT2D eigenvalue weighted by molar-refractivity contribution is 5.89. The van der Waals surface area contributed by atoms with Gasteiger partial charge in [0.25, 0.3) is 0 Å². The van der Waals surface area contributed by atoms with Gasteiger partial charge in [-0.1, -0.05) is 0 Å². The summed E-state index contributed by atoms with van der Waals surface area (Å²) in [6, 6.07) is 12.9. The van der Waals surface area contributed by atoms with Crippen LogP contribution in [0.3, 0.4) is 0 Å². The Hall–Kier alpha value is -2.36. The van der Waals surface area contributed by atoms with Gasteiger partial charge in [0, 0.05) is 11.4 Å². The maximum atomic E-state index is 12.7. The van der Waals surface area contributed by atoms with Gasteiger partial charge in [-0.25, -0.2) is 9.18 Å². The van der Waals surface area contributed by atoms with Crippen LogP contribution in [0.15, 0.2) is 48.5 Å². The fraction of sp³-hybridized carbons (Fsp3) is 0.0714. The Labute approximate surface area is 104 Å². The number of hydrogen-bond donors (Lipinski definition) is 1. The van der Waals surface area contributed by atoms with Gasteiger partial charge in [-0.3, -0.25) is 0 Å². The van der Waals surface area contributed by atoms with E-state index in [-0.39, 0.29) is 11.8 Å². The first-order valence-electron chi connectivity index (χ1n) is 5.40. The Morgan fingerprint density at radius 2 is 1.50 bits per heavy atom. The lowest BCUT2D eigenvalue weighted by atomic mass is 10.2. The SMILES string of the molecule is COC(=O)c1ccc(Nc2ccc(F)cc2)cc1. The van der Waals surface area contributed by atoms with Gasteiger partial charge < -0.3 is 10.1 Å². The number of nitrogens with one attached hydrogen (secondary N) is 1. The average Bonchev–Trinajstić information content (AvgIpc) is 2.41. The Kier molecular flexibility index (Phi) is 3.57. The Bertz CT molecular complexity index is 535. The van der Waals surface area contributed by atoms with Gasteiger partial charge in [0.1, 0.15) is 5.82 Å². The van der Waals surface area contributed by atoms with Crippen LogP contribution in [0.2, 0.25) is 0 Å². The summed E-state index contributed by atoms with van der Waals surface area (Å²) >= 11 is 0. The molecule has 0 aliphatic heterocycles. The molecule has 0 aliphatic carbocycles. The van der Waals surface area contributed by atoms with Gasteiger partial charge >= 0.3 is 5.97 Å². The molecule has 0 heterocycles. The van der Waals surface area contributed by atoms with Gasteiger partial charge in [-0.2, -0.15) is 0 Å². The first kappa shape index (κ1) is 12.1. The van der Waals surface area contributed by atoms with Gasteiger partial charge in [-0.15, -0.1) is 0 Å². The number of benzene rings is 2. The molecule has 0 unspecified atom stereocenters. The molecule has 4 heteroatoms. The van der Waals surface area contributed by atoms with Crippen molar-refractivity contribution < 1.29 is 13.9 Å². The average molecular weight is 245 g/mol. The van der Waals surface area contributed by atoms with Crippen LogP contribution in [-0.2, 0) is 4.74 Å². The van der Waals surface area contributed by atoms with Gasteiger partial charge in [-0.05, 0) is 48.5 Å². The van der Waals surface area contributed by atoms with Crippen molar-refractivity contribution in [3.63, 3.8) is 0 Å². The summed E-state index contributed by atoms with van der Waals surface area (Å²) in [6.07, 6.45) is 0. The van der Waals surface area contributed by atoms with Crippen LogP contribution < -0.4 is 5.32 Å². The maximum Gasteiger partial charge on any atom is 0.337 e. The monoisotopic (exact) mass is 245 g/mol. The van der Waals surface area contributed by atoms with E-state index in [1.807, 2.05) is 0 Å². The van der Waals surface area contributed by atoms with E-state index in [4.69, 9.17) is 0 Å². The number of methoxy groups -OCH3 is 1. The van der Waals surface area contributed by atoms with Gasteiger partial charge in [0.2, 0.25) is 0 Å². The Morgan fingerprint density at radius 3 is 2.00 bits per heavy atom. The summed E-state index contributed by atoms with van der Waals surface area (Å²) in [5, 5.41) is 3.10. The molecule has 2 aromatic carbocycles. The molecular weight excluding hydrogens is 233 g/mol. The highest BCUT2D eigenvalue weighted by atomic mass is 19.1. The molecule has 1 N–H and O–H groups in total. The maximum absolute atomic E-state index is 12.7. The lowest BCUT2D eigenvalue weighted by molar-refractivity contribution is 0.0601. The first-order chi connectivity index (χ1) is 8.69. The fourth-order valence-electron chi connectivity index (χ4n) is 1.51. The Morgan fingerprint density at radius 1 is 1.00 bits per heavy atom. The zero-order chi connectivity index (χ0) is 13.0. The minimum absolute atomic E-state index is 0.276. The molecule has 0 bridgehead atoms. The highest BCUT2D eigenvalue weighted by Gasteiger charge is 2.04. The molecule has 0 atom stereocenters. The van der Waals surface area contributed by atoms with E-state index in [9.17, 15) is 9.18 Å². The van der Waals surface area contributed by atoms with Crippen molar-refractivity contribution in [1.29, 1.82) is 0 Å². The molecule has 0 fully saturated rings. The minimum atomic E-state index is -0.372. The zero-order valence-corrected chi connectivity index (χ0v) is 9.81. The number of halogens is 1. The molecule has 0 radical (unpaired) electrons. The van der Waals surface area contributed by atoms with Crippen molar-refractivity contribution in [2.75, 3.05) is 12.4 Å². The lowest BCUT2D eigenvalue weighted by Gasteiger charge is -2.06. The van der Waals surface area contributed by atoms with E-state index in [1.165, 1.54) is 19.2 Å². The number of carbonyl (C=O) groups is 1. The number of anilines is 2. The molecule has 18 heavy (non-hydrogen) atoms. The van der Waals surface area contributed by atoms with Crippen molar-refractivity contribution in [1.82, 2.24) is 0 Å². The molecule has 2 aromatic rings. The number of hydrogen-bond acceptors (Lipinski definition) is 3. The molecule has 3 nitrogen and oxygen atoms in total. The number of carbonyl (C=O) groups excluding carboxylic acids is 1. The molecule has 0 saturated heterocycles. The lowest BCUT2D eigenvalue weighted by Crippen LogP contribution is -2.00. The molecule has 0 aliphatic rings. The second kappa shape index (κ2) is 5.31. The van der Waals surface area contributed by atoms with E-state index in [0.29, 0.717) is 5.56 Å². The predicted molar refractivity (Wildman–Crippen MR) is 67.5 cm³/mol. The van der Waals surface area contributed by atoms with Crippen molar-refractivity contribution in [2.24, 2.45) is 0 Å². The zero-order valence-electron chi connectivity index (χ0n) is 9.81. The third-order valence-electron chi connectivity index (χ3n) is 2.44. The third-order valence-corrected chi connectivity index (χ3v) is 2.44. The van der Waals surface area contributed by atoms with Crippen LogP contribution in [0.4, 0.5) is 15.8 Å². The van der Waals surface area contributed by atoms with Crippen LogP contribution in [0.1, 0.15) is 10.4 Å². The van der Waals surface area contributed by atoms with Crippen LogP contribution >= 0.6 is 0 Å². The summed E-state index contributed by atoms with van der Waals surface area (Å²) in [5.74, 6) is -0.648. The molecule has 0 amide bonds. The number of ether oxygens (including phenoxy) is 1. The molecule has 92 valence electrons. The third kappa shape index (κ3) is 2.85. The molecule has 0 saturated carbocycles. The quantitative estimate of drug-likeness (QED) is 0.843. The minimum Gasteiger partial charge on any atom is -0.465 e. The van der Waals surface area contributed by atoms with Crippen LogP contribution in [0.5, 0.6) is 0 Å². The van der Waals surface area contributed by atoms with E-state index < -0.39 is 0 Å².